The van der Waals surface area contributed by atoms with Crippen LogP contribution in [0.15, 0.2) is 83.9 Å². The van der Waals surface area contributed by atoms with E-state index in [1.807, 2.05) is 42.5 Å². The molecule has 3 aromatic carbocycles. The highest BCUT2D eigenvalue weighted by Crippen LogP contribution is 2.22. The second-order valence-electron chi connectivity index (χ2n) is 7.40. The van der Waals surface area contributed by atoms with E-state index in [0.717, 1.165) is 12.1 Å². The van der Waals surface area contributed by atoms with E-state index in [9.17, 15) is 0 Å². The second kappa shape index (κ2) is 12.1. The Morgan fingerprint density at radius 2 is 1.47 bits per heavy atom. The summed E-state index contributed by atoms with van der Waals surface area (Å²) in [7, 11) is 2.05. The number of hydrogen-bond acceptors (Lipinski definition) is 6. The zero-order valence-electron chi connectivity index (χ0n) is 18.2. The Hall–Kier alpha value is -3.82. The summed E-state index contributed by atoms with van der Waals surface area (Å²) in [6, 6.07) is 25.0. The van der Waals surface area contributed by atoms with Crippen LogP contribution < -0.4 is 20.5 Å². The number of aliphatic imine (C=N–C) groups is 1. The lowest BCUT2D eigenvalue weighted by atomic mass is 10.0. The van der Waals surface area contributed by atoms with Crippen LogP contribution in [0.4, 0.5) is 5.69 Å². The van der Waals surface area contributed by atoms with E-state index in [2.05, 4.69) is 29.5 Å². The minimum absolute atomic E-state index is 0.102. The van der Waals surface area contributed by atoms with Gasteiger partial charge in [-0.2, -0.15) is 5.26 Å². The Morgan fingerprint density at radius 3 is 2.00 bits per heavy atom. The third-order valence-corrected chi connectivity index (χ3v) is 5.20. The van der Waals surface area contributed by atoms with Crippen LogP contribution in [0.5, 0.6) is 11.5 Å². The molecule has 0 fully saturated rings. The fourth-order valence-electron chi connectivity index (χ4n) is 3.50. The monoisotopic (exact) mass is 428 g/mol. The number of benzene rings is 3. The fourth-order valence-corrected chi connectivity index (χ4v) is 3.50. The highest BCUT2D eigenvalue weighted by Gasteiger charge is 2.14. The number of hydrogen-bond donors (Lipinski definition) is 2. The van der Waals surface area contributed by atoms with Gasteiger partial charge in [-0.3, -0.25) is 0 Å². The topological polar surface area (TPSA) is 92.7 Å². The van der Waals surface area contributed by atoms with E-state index >= 15 is 0 Å². The van der Waals surface area contributed by atoms with E-state index in [1.165, 1.54) is 30.4 Å². The van der Waals surface area contributed by atoms with Gasteiger partial charge >= 0.3 is 6.08 Å². The van der Waals surface area contributed by atoms with Crippen LogP contribution in [-0.4, -0.2) is 19.2 Å². The Morgan fingerprint density at radius 1 is 0.906 bits per heavy atom. The predicted octanol–water partition coefficient (Wildman–Crippen LogP) is 4.72. The molecule has 0 radical (unpaired) electrons. The molecule has 0 bridgehead atoms. The van der Waals surface area contributed by atoms with Gasteiger partial charge in [0.05, 0.1) is 0 Å². The number of ether oxygens (including phenoxy) is 2. The molecule has 4 rings (SSSR count). The maximum atomic E-state index is 8.60. The molecule has 0 amide bonds. The SMILES string of the molecule is CN[C@H]1CCc2ccc(N)cc2CC1.N#CN=C(Oc1ccccc1)Oc1ccccc1. The van der Waals surface area contributed by atoms with Crippen molar-refractivity contribution in [1.29, 1.82) is 5.26 Å². The molecular formula is C26H28N4O2. The van der Waals surface area contributed by atoms with Crippen molar-refractivity contribution < 1.29 is 9.47 Å². The van der Waals surface area contributed by atoms with Crippen LogP contribution in [0, 0.1) is 11.5 Å². The lowest BCUT2D eigenvalue weighted by Gasteiger charge is -2.11. The molecule has 32 heavy (non-hydrogen) atoms. The number of nitriles is 1. The number of nitrogen functional groups attached to an aromatic ring is 1. The summed E-state index contributed by atoms with van der Waals surface area (Å²) in [5.41, 5.74) is 9.61. The number of nitrogens with two attached hydrogens (primary N) is 1. The average Bonchev–Trinajstić information content (AvgIpc) is 3.03. The Bertz CT molecular complexity index is 1000. The van der Waals surface area contributed by atoms with Gasteiger partial charge in [-0.25, -0.2) is 0 Å². The number of rotatable bonds is 3. The number of aryl methyl sites for hydroxylation is 2. The van der Waals surface area contributed by atoms with E-state index < -0.39 is 0 Å². The standard InChI is InChI=1S/C14H10N2O2.C12H18N2/c15-11-16-14(17-12-7-3-1-4-8-12)18-13-9-5-2-6-10-13;1-14-12-6-3-9-2-5-11(13)8-10(9)4-7-12/h1-10H;2,5,8,12,14H,3-4,6-7,13H2,1H3/t;12-/m.0/s1. The quantitative estimate of drug-likeness (QED) is 0.207. The normalized spacial score (nSPS) is 14.4. The number of anilines is 1. The molecule has 0 spiro atoms. The summed E-state index contributed by atoms with van der Waals surface area (Å²) in [4.78, 5) is 3.49. The van der Waals surface area contributed by atoms with Crippen LogP contribution in [0.3, 0.4) is 0 Å². The highest BCUT2D eigenvalue weighted by molar-refractivity contribution is 5.73. The molecule has 6 heteroatoms. The molecule has 0 aromatic heterocycles. The Balaban J connectivity index is 0.000000186. The molecule has 0 heterocycles. The lowest BCUT2D eigenvalue weighted by Crippen LogP contribution is -2.24. The molecule has 1 aliphatic carbocycles. The molecule has 6 nitrogen and oxygen atoms in total. The molecule has 3 aromatic rings. The van der Waals surface area contributed by atoms with Crippen molar-refractivity contribution in [3.63, 3.8) is 0 Å². The van der Waals surface area contributed by atoms with Gasteiger partial charge in [0.2, 0.25) is 6.19 Å². The molecule has 0 unspecified atom stereocenters. The number of fused-ring (bicyclic) bond motifs is 1. The molecule has 0 saturated carbocycles. The van der Waals surface area contributed by atoms with E-state index in [0.29, 0.717) is 17.5 Å². The first-order valence-electron chi connectivity index (χ1n) is 10.6. The zero-order chi connectivity index (χ0) is 22.6. The lowest BCUT2D eigenvalue weighted by molar-refractivity contribution is 0.386. The molecule has 3 N–H and O–H groups in total. The maximum Gasteiger partial charge on any atom is 0.410 e. The largest absolute Gasteiger partial charge is 0.410 e. The first-order chi connectivity index (χ1) is 15.7. The van der Waals surface area contributed by atoms with Crippen LogP contribution in [0.25, 0.3) is 0 Å². The molecule has 1 aliphatic rings. The van der Waals surface area contributed by atoms with Crippen molar-refractivity contribution in [2.24, 2.45) is 4.99 Å². The molecule has 0 saturated heterocycles. The number of para-hydroxylation sites is 2. The van der Waals surface area contributed by atoms with Gasteiger partial charge in [-0.15, -0.1) is 0 Å². The van der Waals surface area contributed by atoms with E-state index in [-0.39, 0.29) is 6.08 Å². The molecule has 1 atom stereocenters. The Labute approximate surface area is 189 Å². The van der Waals surface area contributed by atoms with Crippen molar-refractivity contribution >= 4 is 11.8 Å². The van der Waals surface area contributed by atoms with Crippen LogP contribution >= 0.6 is 0 Å². The second-order valence-corrected chi connectivity index (χ2v) is 7.40. The summed E-state index contributed by atoms with van der Waals surface area (Å²) in [6.45, 7) is 0. The van der Waals surface area contributed by atoms with Crippen LogP contribution in [0.2, 0.25) is 0 Å². The fraction of sp³-hybridized carbons (Fsp3) is 0.231. The van der Waals surface area contributed by atoms with Crippen molar-refractivity contribution in [3.05, 3.63) is 90.0 Å². The summed E-state index contributed by atoms with van der Waals surface area (Å²) in [5, 5.41) is 12.0. The minimum atomic E-state index is -0.102. The van der Waals surface area contributed by atoms with E-state index in [4.69, 9.17) is 20.5 Å². The van der Waals surface area contributed by atoms with Gasteiger partial charge in [0.1, 0.15) is 11.5 Å². The van der Waals surface area contributed by atoms with Crippen molar-refractivity contribution in [2.75, 3.05) is 12.8 Å². The van der Waals surface area contributed by atoms with Crippen molar-refractivity contribution in [2.45, 2.75) is 31.7 Å². The van der Waals surface area contributed by atoms with Gasteiger partial charge in [0.25, 0.3) is 0 Å². The third kappa shape index (κ3) is 7.15. The first-order valence-corrected chi connectivity index (χ1v) is 10.6. The molecular weight excluding hydrogens is 400 g/mol. The Kier molecular flexibility index (Phi) is 8.67. The first kappa shape index (κ1) is 22.9. The number of nitrogens with one attached hydrogen (secondary N) is 1. The maximum absolute atomic E-state index is 8.60. The smallest absolute Gasteiger partial charge is 0.410 e. The summed E-state index contributed by atoms with van der Waals surface area (Å²) in [5.74, 6) is 1.12. The van der Waals surface area contributed by atoms with E-state index in [1.54, 1.807) is 30.5 Å². The van der Waals surface area contributed by atoms with Gasteiger partial charge in [0, 0.05) is 11.7 Å². The van der Waals surface area contributed by atoms with Crippen LogP contribution in [-0.2, 0) is 12.8 Å². The molecule has 164 valence electrons. The van der Waals surface area contributed by atoms with Gasteiger partial charge in [-0.05, 0) is 80.3 Å². The number of nitrogens with zero attached hydrogens (tertiary/aromatic N) is 2. The predicted molar refractivity (Wildman–Crippen MR) is 128 cm³/mol. The highest BCUT2D eigenvalue weighted by atomic mass is 16.7. The van der Waals surface area contributed by atoms with Gasteiger partial charge in [-0.1, -0.05) is 47.5 Å². The molecule has 0 aliphatic heterocycles. The summed E-state index contributed by atoms with van der Waals surface area (Å²) in [6.07, 6.45) is 6.36. The third-order valence-electron chi connectivity index (χ3n) is 5.20. The average molecular weight is 429 g/mol. The summed E-state index contributed by atoms with van der Waals surface area (Å²) < 4.78 is 10.7. The van der Waals surface area contributed by atoms with Crippen LogP contribution in [0.1, 0.15) is 24.0 Å². The summed E-state index contributed by atoms with van der Waals surface area (Å²) >= 11 is 0. The minimum Gasteiger partial charge on any atom is -0.410 e. The van der Waals surface area contributed by atoms with Crippen molar-refractivity contribution in [1.82, 2.24) is 5.32 Å². The van der Waals surface area contributed by atoms with Crippen molar-refractivity contribution in [3.8, 4) is 17.7 Å². The zero-order valence-corrected chi connectivity index (χ0v) is 18.2. The van der Waals surface area contributed by atoms with Gasteiger partial charge in [0.15, 0.2) is 0 Å². The van der Waals surface area contributed by atoms with Gasteiger partial charge < -0.3 is 20.5 Å².